The second kappa shape index (κ2) is 13.9. The Labute approximate surface area is 97.0 Å². The van der Waals surface area contributed by atoms with Gasteiger partial charge in [-0.3, -0.25) is 0 Å². The number of nitrogens with zero attached hydrogens (tertiary/aromatic N) is 1. The number of ether oxygens (including phenoxy) is 1. The van der Waals surface area contributed by atoms with Crippen molar-refractivity contribution in [1.29, 1.82) is 0 Å². The van der Waals surface area contributed by atoms with Gasteiger partial charge in [-0.05, 0) is 32.4 Å². The Morgan fingerprint density at radius 3 is 2.13 bits per heavy atom. The van der Waals surface area contributed by atoms with Gasteiger partial charge in [0, 0.05) is 13.7 Å². The van der Waals surface area contributed by atoms with Crippen LogP contribution in [-0.2, 0) is 4.74 Å². The smallest absolute Gasteiger partial charge is 0.0584 e. The quantitative estimate of drug-likeness (QED) is 0.701. The SMILES string of the molecule is CC.CC.CCN1CCCC(OC)CC1. The largest absolute Gasteiger partial charge is 0.381 e. The predicted octanol–water partition coefficient (Wildman–Crippen LogP) is 3.56. The van der Waals surface area contributed by atoms with Crippen molar-refractivity contribution in [3.63, 3.8) is 0 Å². The molecule has 15 heavy (non-hydrogen) atoms. The van der Waals surface area contributed by atoms with Crippen molar-refractivity contribution in [3.8, 4) is 0 Å². The fraction of sp³-hybridized carbons (Fsp3) is 1.00. The summed E-state index contributed by atoms with van der Waals surface area (Å²) in [5.41, 5.74) is 0. The van der Waals surface area contributed by atoms with Gasteiger partial charge in [0.1, 0.15) is 0 Å². The zero-order valence-corrected chi connectivity index (χ0v) is 11.7. The summed E-state index contributed by atoms with van der Waals surface area (Å²) < 4.78 is 5.34. The second-order valence-electron chi connectivity index (χ2n) is 3.22. The van der Waals surface area contributed by atoms with Gasteiger partial charge in [-0.1, -0.05) is 34.6 Å². The molecule has 0 amide bonds. The van der Waals surface area contributed by atoms with Crippen LogP contribution in [0.25, 0.3) is 0 Å². The number of rotatable bonds is 2. The number of likely N-dealkylation sites (tertiary alicyclic amines) is 1. The molecule has 1 saturated heterocycles. The monoisotopic (exact) mass is 217 g/mol. The van der Waals surface area contributed by atoms with Crippen molar-refractivity contribution < 1.29 is 4.74 Å². The summed E-state index contributed by atoms with van der Waals surface area (Å²) in [5, 5.41) is 0. The van der Waals surface area contributed by atoms with Crippen molar-refractivity contribution in [3.05, 3.63) is 0 Å². The summed E-state index contributed by atoms with van der Waals surface area (Å²) in [6.45, 7) is 13.9. The highest BCUT2D eigenvalue weighted by molar-refractivity contribution is 4.68. The van der Waals surface area contributed by atoms with E-state index in [4.69, 9.17) is 4.74 Å². The highest BCUT2D eigenvalue weighted by atomic mass is 16.5. The first-order valence-corrected chi connectivity index (χ1v) is 6.62. The van der Waals surface area contributed by atoms with Crippen LogP contribution in [-0.4, -0.2) is 37.7 Å². The van der Waals surface area contributed by atoms with E-state index in [-0.39, 0.29) is 0 Å². The molecule has 0 aliphatic carbocycles. The lowest BCUT2D eigenvalue weighted by Gasteiger charge is -2.16. The standard InChI is InChI=1S/C9H19NO.2C2H6/c1-3-10-7-4-5-9(11-2)6-8-10;2*1-2/h9H,3-8H2,1-2H3;2*1-2H3. The van der Waals surface area contributed by atoms with Crippen LogP contribution in [0, 0.1) is 0 Å². The van der Waals surface area contributed by atoms with Crippen LogP contribution in [0.1, 0.15) is 53.9 Å². The summed E-state index contributed by atoms with van der Waals surface area (Å²) in [6, 6.07) is 0. The number of methoxy groups -OCH3 is 1. The predicted molar refractivity (Wildman–Crippen MR) is 69.5 cm³/mol. The molecule has 0 spiro atoms. The van der Waals surface area contributed by atoms with Gasteiger partial charge < -0.3 is 9.64 Å². The first-order valence-electron chi connectivity index (χ1n) is 6.62. The molecule has 1 atom stereocenters. The minimum atomic E-state index is 0.520. The van der Waals surface area contributed by atoms with E-state index in [1.54, 1.807) is 0 Å². The third kappa shape index (κ3) is 8.88. The van der Waals surface area contributed by atoms with Gasteiger partial charge in [0.15, 0.2) is 0 Å². The molecule has 0 aromatic heterocycles. The molecule has 0 aromatic carbocycles. The lowest BCUT2D eigenvalue weighted by Crippen LogP contribution is -2.24. The highest BCUT2D eigenvalue weighted by Crippen LogP contribution is 2.12. The van der Waals surface area contributed by atoms with E-state index < -0.39 is 0 Å². The maximum atomic E-state index is 5.34. The number of hydrogen-bond acceptors (Lipinski definition) is 2. The van der Waals surface area contributed by atoms with Crippen LogP contribution in [0.2, 0.25) is 0 Å². The fourth-order valence-electron chi connectivity index (χ4n) is 1.68. The van der Waals surface area contributed by atoms with Gasteiger partial charge in [0.2, 0.25) is 0 Å². The van der Waals surface area contributed by atoms with E-state index in [1.807, 2.05) is 34.8 Å². The van der Waals surface area contributed by atoms with Crippen LogP contribution in [0.3, 0.4) is 0 Å². The molecule has 0 bridgehead atoms. The van der Waals surface area contributed by atoms with Crippen molar-refractivity contribution in [2.75, 3.05) is 26.7 Å². The zero-order valence-electron chi connectivity index (χ0n) is 11.7. The first-order chi connectivity index (χ1) is 7.36. The average molecular weight is 217 g/mol. The van der Waals surface area contributed by atoms with E-state index in [2.05, 4.69) is 11.8 Å². The van der Waals surface area contributed by atoms with Gasteiger partial charge in [0.05, 0.1) is 6.10 Å². The molecular weight excluding hydrogens is 186 g/mol. The summed E-state index contributed by atoms with van der Waals surface area (Å²) in [5.74, 6) is 0. The summed E-state index contributed by atoms with van der Waals surface area (Å²) in [4.78, 5) is 2.50. The molecule has 94 valence electrons. The average Bonchev–Trinajstić information content (AvgIpc) is 2.58. The molecule has 1 heterocycles. The molecule has 0 radical (unpaired) electrons. The van der Waals surface area contributed by atoms with Gasteiger partial charge in [-0.15, -0.1) is 0 Å². The van der Waals surface area contributed by atoms with Crippen molar-refractivity contribution in [2.45, 2.75) is 60.0 Å². The summed E-state index contributed by atoms with van der Waals surface area (Å²) in [7, 11) is 1.83. The van der Waals surface area contributed by atoms with Crippen LogP contribution in [0.4, 0.5) is 0 Å². The fourth-order valence-corrected chi connectivity index (χ4v) is 1.68. The maximum Gasteiger partial charge on any atom is 0.0584 e. The molecule has 1 fully saturated rings. The van der Waals surface area contributed by atoms with Crippen LogP contribution >= 0.6 is 0 Å². The van der Waals surface area contributed by atoms with E-state index in [9.17, 15) is 0 Å². The van der Waals surface area contributed by atoms with Crippen LogP contribution in [0.15, 0.2) is 0 Å². The van der Waals surface area contributed by atoms with E-state index in [0.717, 1.165) is 0 Å². The Morgan fingerprint density at radius 1 is 1.07 bits per heavy atom. The van der Waals surface area contributed by atoms with Gasteiger partial charge in [0.25, 0.3) is 0 Å². The molecule has 2 nitrogen and oxygen atoms in total. The third-order valence-corrected chi connectivity index (χ3v) is 2.55. The number of hydrogen-bond donors (Lipinski definition) is 0. The molecule has 1 unspecified atom stereocenters. The normalized spacial score (nSPS) is 21.6. The van der Waals surface area contributed by atoms with E-state index >= 15 is 0 Å². The minimum absolute atomic E-state index is 0.520. The molecular formula is C13H31NO. The molecule has 2 heteroatoms. The molecule has 1 rings (SSSR count). The van der Waals surface area contributed by atoms with Gasteiger partial charge >= 0.3 is 0 Å². The lowest BCUT2D eigenvalue weighted by molar-refractivity contribution is 0.0900. The Kier molecular flexibility index (Phi) is 16.1. The van der Waals surface area contributed by atoms with E-state index in [0.29, 0.717) is 6.10 Å². The van der Waals surface area contributed by atoms with Crippen molar-refractivity contribution in [1.82, 2.24) is 4.90 Å². The lowest BCUT2D eigenvalue weighted by atomic mass is 10.2. The van der Waals surface area contributed by atoms with Crippen molar-refractivity contribution in [2.24, 2.45) is 0 Å². The van der Waals surface area contributed by atoms with Gasteiger partial charge in [-0.25, -0.2) is 0 Å². The zero-order chi connectivity index (χ0) is 12.1. The Balaban J connectivity index is 0. The van der Waals surface area contributed by atoms with Crippen LogP contribution < -0.4 is 0 Å². The molecule has 0 saturated carbocycles. The molecule has 1 aliphatic rings. The Morgan fingerprint density at radius 2 is 1.67 bits per heavy atom. The summed E-state index contributed by atoms with van der Waals surface area (Å²) in [6.07, 6.45) is 4.27. The van der Waals surface area contributed by atoms with Gasteiger partial charge in [-0.2, -0.15) is 0 Å². The highest BCUT2D eigenvalue weighted by Gasteiger charge is 2.14. The van der Waals surface area contributed by atoms with Crippen molar-refractivity contribution >= 4 is 0 Å². The molecule has 0 aromatic rings. The minimum Gasteiger partial charge on any atom is -0.381 e. The van der Waals surface area contributed by atoms with Crippen LogP contribution in [0.5, 0.6) is 0 Å². The van der Waals surface area contributed by atoms with E-state index in [1.165, 1.54) is 38.9 Å². The topological polar surface area (TPSA) is 12.5 Å². The Bertz CT molecular complexity index is 94.7. The molecule has 0 N–H and O–H groups in total. The maximum absolute atomic E-state index is 5.34. The molecule has 1 aliphatic heterocycles. The Hall–Kier alpha value is -0.0800. The first kappa shape index (κ1) is 17.3. The third-order valence-electron chi connectivity index (χ3n) is 2.55. The second-order valence-corrected chi connectivity index (χ2v) is 3.22. The summed E-state index contributed by atoms with van der Waals surface area (Å²) >= 11 is 0.